The zero-order chi connectivity index (χ0) is 14.9. The Bertz CT molecular complexity index is 702. The van der Waals surface area contributed by atoms with Gasteiger partial charge in [-0.3, -0.25) is 4.79 Å². The third-order valence-electron chi connectivity index (χ3n) is 4.51. The van der Waals surface area contributed by atoms with E-state index in [1.54, 1.807) is 22.7 Å². The Morgan fingerprint density at radius 2 is 2.18 bits per heavy atom. The predicted molar refractivity (Wildman–Crippen MR) is 91.1 cm³/mol. The Kier molecular flexibility index (Phi) is 3.84. The second-order valence-electron chi connectivity index (χ2n) is 5.91. The molecule has 0 bridgehead atoms. The summed E-state index contributed by atoms with van der Waals surface area (Å²) in [6.45, 7) is 0.840. The fraction of sp³-hybridized carbons (Fsp3) is 0.412. The van der Waals surface area contributed by atoms with E-state index in [0.29, 0.717) is 11.6 Å². The maximum absolute atomic E-state index is 12.9. The molecule has 1 fully saturated rings. The minimum atomic E-state index is 0.0792. The van der Waals surface area contributed by atoms with Crippen LogP contribution < -0.4 is 0 Å². The largest absolute Gasteiger partial charge is 0.311 e. The SMILES string of the molecule is O=C(c1csc(-c2ccsc2)n1)N1CCCC2CCCC=C21. The van der Waals surface area contributed by atoms with Gasteiger partial charge in [-0.05, 0) is 49.5 Å². The van der Waals surface area contributed by atoms with Gasteiger partial charge in [-0.15, -0.1) is 11.3 Å². The summed E-state index contributed by atoms with van der Waals surface area (Å²) in [7, 11) is 0. The summed E-state index contributed by atoms with van der Waals surface area (Å²) in [5, 5.41) is 6.96. The van der Waals surface area contributed by atoms with Crippen LogP contribution in [0.3, 0.4) is 0 Å². The van der Waals surface area contributed by atoms with Gasteiger partial charge in [0.25, 0.3) is 5.91 Å². The second-order valence-corrected chi connectivity index (χ2v) is 7.54. The van der Waals surface area contributed by atoms with Crippen molar-refractivity contribution >= 4 is 28.6 Å². The normalized spacial score (nSPS) is 21.4. The summed E-state index contributed by atoms with van der Waals surface area (Å²) in [6.07, 6.45) is 8.20. The Labute approximate surface area is 138 Å². The van der Waals surface area contributed by atoms with Gasteiger partial charge in [-0.25, -0.2) is 4.98 Å². The zero-order valence-corrected chi connectivity index (χ0v) is 14.0. The van der Waals surface area contributed by atoms with E-state index in [2.05, 4.69) is 22.5 Å². The molecule has 1 unspecified atom stereocenters. The van der Waals surface area contributed by atoms with Crippen LogP contribution in [0.2, 0.25) is 0 Å². The number of thiophene rings is 1. The molecule has 4 rings (SSSR count). The Morgan fingerprint density at radius 1 is 1.27 bits per heavy atom. The number of piperidine rings is 1. The lowest BCUT2D eigenvalue weighted by atomic mass is 9.85. The fourth-order valence-corrected chi connectivity index (χ4v) is 4.93. The zero-order valence-electron chi connectivity index (χ0n) is 12.3. The van der Waals surface area contributed by atoms with E-state index >= 15 is 0 Å². The molecule has 2 aromatic heterocycles. The molecule has 2 aliphatic rings. The van der Waals surface area contributed by atoms with Crippen molar-refractivity contribution in [2.75, 3.05) is 6.54 Å². The number of hydrogen-bond acceptors (Lipinski definition) is 4. The van der Waals surface area contributed by atoms with Gasteiger partial charge in [0.05, 0.1) is 0 Å². The first-order chi connectivity index (χ1) is 10.8. The van der Waals surface area contributed by atoms with E-state index in [-0.39, 0.29) is 5.91 Å². The Hall–Kier alpha value is -1.46. The molecule has 3 heterocycles. The number of likely N-dealkylation sites (tertiary alicyclic amines) is 1. The number of carbonyl (C=O) groups excluding carboxylic acids is 1. The lowest BCUT2D eigenvalue weighted by molar-refractivity contribution is 0.0744. The lowest BCUT2D eigenvalue weighted by Gasteiger charge is -2.37. The summed E-state index contributed by atoms with van der Waals surface area (Å²) in [4.78, 5) is 19.4. The predicted octanol–water partition coefficient (Wildman–Crippen LogP) is 4.79. The van der Waals surface area contributed by atoms with E-state index in [1.165, 1.54) is 25.0 Å². The smallest absolute Gasteiger partial charge is 0.277 e. The molecular weight excluding hydrogens is 312 g/mol. The number of carbonyl (C=O) groups is 1. The molecule has 22 heavy (non-hydrogen) atoms. The van der Waals surface area contributed by atoms with Crippen LogP contribution >= 0.6 is 22.7 Å². The van der Waals surface area contributed by atoms with Crippen molar-refractivity contribution in [1.82, 2.24) is 9.88 Å². The first-order valence-corrected chi connectivity index (χ1v) is 9.65. The number of allylic oxidation sites excluding steroid dienone is 2. The van der Waals surface area contributed by atoms with Crippen molar-refractivity contribution in [3.63, 3.8) is 0 Å². The van der Waals surface area contributed by atoms with Gasteiger partial charge < -0.3 is 4.90 Å². The van der Waals surface area contributed by atoms with E-state index in [9.17, 15) is 4.79 Å². The van der Waals surface area contributed by atoms with E-state index in [0.717, 1.165) is 30.0 Å². The van der Waals surface area contributed by atoms with Crippen LogP contribution in [0.5, 0.6) is 0 Å². The highest BCUT2D eigenvalue weighted by Crippen LogP contribution is 2.36. The fourth-order valence-electron chi connectivity index (χ4n) is 3.42. The molecule has 0 N–H and O–H groups in total. The molecule has 0 saturated carbocycles. The van der Waals surface area contributed by atoms with Crippen molar-refractivity contribution in [3.8, 4) is 10.6 Å². The highest BCUT2D eigenvalue weighted by molar-refractivity contribution is 7.14. The number of thiazole rings is 1. The molecule has 1 amide bonds. The average molecular weight is 330 g/mol. The van der Waals surface area contributed by atoms with E-state index in [1.807, 2.05) is 15.7 Å². The molecule has 114 valence electrons. The molecule has 0 spiro atoms. The van der Waals surface area contributed by atoms with E-state index in [4.69, 9.17) is 0 Å². The van der Waals surface area contributed by atoms with Crippen LogP contribution in [0.4, 0.5) is 0 Å². The van der Waals surface area contributed by atoms with Crippen LogP contribution in [0.1, 0.15) is 42.6 Å². The van der Waals surface area contributed by atoms with Gasteiger partial charge in [0.2, 0.25) is 0 Å². The molecule has 2 aromatic rings. The van der Waals surface area contributed by atoms with Crippen LogP contribution in [-0.4, -0.2) is 22.3 Å². The maximum Gasteiger partial charge on any atom is 0.277 e. The summed E-state index contributed by atoms with van der Waals surface area (Å²) >= 11 is 3.21. The third kappa shape index (κ3) is 2.52. The van der Waals surface area contributed by atoms with Crippen LogP contribution in [0, 0.1) is 5.92 Å². The van der Waals surface area contributed by atoms with Gasteiger partial charge in [0.1, 0.15) is 10.7 Å². The molecular formula is C17H18N2OS2. The van der Waals surface area contributed by atoms with Crippen molar-refractivity contribution in [1.29, 1.82) is 0 Å². The van der Waals surface area contributed by atoms with Gasteiger partial charge in [-0.1, -0.05) is 6.08 Å². The first-order valence-electron chi connectivity index (χ1n) is 7.83. The quantitative estimate of drug-likeness (QED) is 0.793. The molecule has 5 heteroatoms. The molecule has 1 aliphatic heterocycles. The molecule has 1 aliphatic carbocycles. The summed E-state index contributed by atoms with van der Waals surface area (Å²) in [5.74, 6) is 0.664. The summed E-state index contributed by atoms with van der Waals surface area (Å²) in [5.41, 5.74) is 2.97. The van der Waals surface area contributed by atoms with Crippen molar-refractivity contribution < 1.29 is 4.79 Å². The van der Waals surface area contributed by atoms with Crippen LogP contribution in [0.25, 0.3) is 10.6 Å². The van der Waals surface area contributed by atoms with Gasteiger partial charge >= 0.3 is 0 Å². The number of rotatable bonds is 2. The average Bonchev–Trinajstić information content (AvgIpc) is 3.24. The first kappa shape index (κ1) is 14.2. The summed E-state index contributed by atoms with van der Waals surface area (Å²) < 4.78 is 0. The minimum Gasteiger partial charge on any atom is -0.311 e. The van der Waals surface area contributed by atoms with Crippen LogP contribution in [-0.2, 0) is 0 Å². The number of nitrogens with zero attached hydrogens (tertiary/aromatic N) is 2. The highest BCUT2D eigenvalue weighted by atomic mass is 32.1. The lowest BCUT2D eigenvalue weighted by Crippen LogP contribution is -2.39. The highest BCUT2D eigenvalue weighted by Gasteiger charge is 2.31. The van der Waals surface area contributed by atoms with Gasteiger partial charge in [0, 0.05) is 28.6 Å². The maximum atomic E-state index is 12.9. The molecule has 1 atom stereocenters. The van der Waals surface area contributed by atoms with Gasteiger partial charge in [-0.2, -0.15) is 11.3 Å². The van der Waals surface area contributed by atoms with Crippen LogP contribution in [0.15, 0.2) is 34.0 Å². The summed E-state index contributed by atoms with van der Waals surface area (Å²) in [6, 6.07) is 2.05. The molecule has 3 nitrogen and oxygen atoms in total. The number of hydrogen-bond donors (Lipinski definition) is 0. The van der Waals surface area contributed by atoms with Crippen molar-refractivity contribution in [3.05, 3.63) is 39.7 Å². The Morgan fingerprint density at radius 3 is 3.05 bits per heavy atom. The second kappa shape index (κ2) is 5.97. The number of aromatic nitrogens is 1. The molecule has 1 saturated heterocycles. The third-order valence-corrected chi connectivity index (χ3v) is 6.09. The van der Waals surface area contributed by atoms with E-state index < -0.39 is 0 Å². The van der Waals surface area contributed by atoms with Crippen molar-refractivity contribution in [2.24, 2.45) is 5.92 Å². The minimum absolute atomic E-state index is 0.0792. The number of amides is 1. The molecule has 0 aromatic carbocycles. The van der Waals surface area contributed by atoms with Gasteiger partial charge in [0.15, 0.2) is 0 Å². The Balaban J connectivity index is 1.60. The standard InChI is InChI=1S/C17H18N2OS2/c20-17(14-11-22-16(18-14)13-7-9-21-10-13)19-8-3-5-12-4-1-2-6-15(12)19/h6-7,9-12H,1-5,8H2. The topological polar surface area (TPSA) is 33.2 Å². The molecule has 0 radical (unpaired) electrons. The number of fused-ring (bicyclic) bond motifs is 1. The van der Waals surface area contributed by atoms with Crippen molar-refractivity contribution in [2.45, 2.75) is 32.1 Å². The monoisotopic (exact) mass is 330 g/mol.